The van der Waals surface area contributed by atoms with E-state index in [4.69, 9.17) is 4.74 Å². The zero-order valence-corrected chi connectivity index (χ0v) is 8.84. The Morgan fingerprint density at radius 3 is 2.86 bits per heavy atom. The molecule has 1 fully saturated rings. The summed E-state index contributed by atoms with van der Waals surface area (Å²) in [4.78, 5) is 0. The van der Waals surface area contributed by atoms with E-state index in [-0.39, 0.29) is 0 Å². The lowest BCUT2D eigenvalue weighted by molar-refractivity contribution is 0.0767. The molecule has 2 nitrogen and oxygen atoms in total. The number of hydrogen-bond donors (Lipinski definition) is 1. The van der Waals surface area contributed by atoms with Gasteiger partial charge in [-0.1, -0.05) is 23.8 Å². The molecule has 2 heteroatoms. The molecular weight excluding hydrogens is 174 g/mol. The van der Waals surface area contributed by atoms with Crippen molar-refractivity contribution in [2.45, 2.75) is 19.9 Å². The smallest absolute Gasteiger partial charge is 0.0662 e. The summed E-state index contributed by atoms with van der Waals surface area (Å²) in [5.41, 5.74) is 4.05. The topological polar surface area (TPSA) is 21.3 Å². The zero-order valence-electron chi connectivity index (χ0n) is 8.84. The third kappa shape index (κ3) is 1.97. The predicted molar refractivity (Wildman–Crippen MR) is 57.5 cm³/mol. The average Bonchev–Trinajstić information content (AvgIpc) is 2.19. The summed E-state index contributed by atoms with van der Waals surface area (Å²) in [5, 5.41) is 3.47. The van der Waals surface area contributed by atoms with Crippen molar-refractivity contribution in [3.63, 3.8) is 0 Å². The second-order valence-corrected chi connectivity index (χ2v) is 3.94. The summed E-state index contributed by atoms with van der Waals surface area (Å²) in [5.74, 6) is 0. The molecule has 0 saturated carbocycles. The lowest BCUT2D eigenvalue weighted by Gasteiger charge is -2.25. The van der Waals surface area contributed by atoms with Gasteiger partial charge in [0, 0.05) is 6.54 Å². The van der Waals surface area contributed by atoms with Crippen LogP contribution in [0.4, 0.5) is 0 Å². The Bertz CT molecular complexity index is 316. The van der Waals surface area contributed by atoms with Gasteiger partial charge in [-0.2, -0.15) is 0 Å². The molecule has 0 aromatic heterocycles. The van der Waals surface area contributed by atoms with Gasteiger partial charge < -0.3 is 10.1 Å². The predicted octanol–water partition coefficient (Wildman–Crippen LogP) is 1.96. The van der Waals surface area contributed by atoms with E-state index in [9.17, 15) is 0 Å². The van der Waals surface area contributed by atoms with Crippen molar-refractivity contribution in [1.82, 2.24) is 5.32 Å². The highest BCUT2D eigenvalue weighted by molar-refractivity contribution is 5.33. The Morgan fingerprint density at radius 1 is 1.36 bits per heavy atom. The van der Waals surface area contributed by atoms with Crippen LogP contribution in [0.25, 0.3) is 0 Å². The van der Waals surface area contributed by atoms with Gasteiger partial charge in [0.2, 0.25) is 0 Å². The molecule has 0 radical (unpaired) electrons. The lowest BCUT2D eigenvalue weighted by atomic mass is 9.99. The summed E-state index contributed by atoms with van der Waals surface area (Å²) >= 11 is 0. The SMILES string of the molecule is Cc1ccc([C@H]2COCCN2)c(C)c1. The maximum Gasteiger partial charge on any atom is 0.0662 e. The van der Waals surface area contributed by atoms with E-state index in [0.717, 1.165) is 19.8 Å². The standard InChI is InChI=1S/C12H17NO/c1-9-3-4-11(10(2)7-9)12-8-14-6-5-13-12/h3-4,7,12-13H,5-6,8H2,1-2H3/t12-/m1/s1. The van der Waals surface area contributed by atoms with Crippen LogP contribution in [0, 0.1) is 13.8 Å². The minimum absolute atomic E-state index is 0.379. The fraction of sp³-hybridized carbons (Fsp3) is 0.500. The molecule has 1 N–H and O–H groups in total. The van der Waals surface area contributed by atoms with Gasteiger partial charge in [0.1, 0.15) is 0 Å². The van der Waals surface area contributed by atoms with Gasteiger partial charge in [0.25, 0.3) is 0 Å². The maximum atomic E-state index is 5.46. The molecule has 14 heavy (non-hydrogen) atoms. The summed E-state index contributed by atoms with van der Waals surface area (Å²) in [6.45, 7) is 6.88. The van der Waals surface area contributed by atoms with Crippen LogP contribution in [0.5, 0.6) is 0 Å². The molecule has 1 aliphatic heterocycles. The van der Waals surface area contributed by atoms with Crippen LogP contribution in [0.2, 0.25) is 0 Å². The van der Waals surface area contributed by atoms with Crippen LogP contribution in [0.3, 0.4) is 0 Å². The van der Waals surface area contributed by atoms with Crippen molar-refractivity contribution in [3.05, 3.63) is 34.9 Å². The first-order chi connectivity index (χ1) is 6.77. The third-order valence-corrected chi connectivity index (χ3v) is 2.72. The Hall–Kier alpha value is -0.860. The number of rotatable bonds is 1. The Balaban J connectivity index is 2.22. The first-order valence-electron chi connectivity index (χ1n) is 5.15. The molecule has 1 saturated heterocycles. The van der Waals surface area contributed by atoms with Gasteiger partial charge in [-0.25, -0.2) is 0 Å². The molecule has 0 aliphatic carbocycles. The molecule has 1 aromatic carbocycles. The van der Waals surface area contributed by atoms with E-state index in [2.05, 4.69) is 37.4 Å². The summed E-state index contributed by atoms with van der Waals surface area (Å²) in [6.07, 6.45) is 0. The average molecular weight is 191 g/mol. The van der Waals surface area contributed by atoms with Crippen LogP contribution >= 0.6 is 0 Å². The fourth-order valence-electron chi connectivity index (χ4n) is 1.98. The van der Waals surface area contributed by atoms with Gasteiger partial charge >= 0.3 is 0 Å². The number of nitrogens with one attached hydrogen (secondary N) is 1. The molecular formula is C12H17NO. The highest BCUT2D eigenvalue weighted by atomic mass is 16.5. The number of hydrogen-bond acceptors (Lipinski definition) is 2. The Morgan fingerprint density at radius 2 is 2.21 bits per heavy atom. The molecule has 0 unspecified atom stereocenters. The molecule has 0 amide bonds. The van der Waals surface area contributed by atoms with E-state index in [1.54, 1.807) is 0 Å². The second-order valence-electron chi connectivity index (χ2n) is 3.94. The Kier molecular flexibility index (Phi) is 2.85. The molecule has 0 bridgehead atoms. The van der Waals surface area contributed by atoms with Crippen molar-refractivity contribution in [2.24, 2.45) is 0 Å². The van der Waals surface area contributed by atoms with Crippen molar-refractivity contribution in [3.8, 4) is 0 Å². The summed E-state index contributed by atoms with van der Waals surface area (Å²) in [7, 11) is 0. The van der Waals surface area contributed by atoms with Crippen molar-refractivity contribution < 1.29 is 4.74 Å². The number of benzene rings is 1. The van der Waals surface area contributed by atoms with Crippen LogP contribution < -0.4 is 5.32 Å². The molecule has 0 spiro atoms. The quantitative estimate of drug-likeness (QED) is 0.732. The molecule has 1 aliphatic rings. The first kappa shape index (κ1) is 9.69. The van der Waals surface area contributed by atoms with Crippen molar-refractivity contribution in [2.75, 3.05) is 19.8 Å². The largest absolute Gasteiger partial charge is 0.378 e. The molecule has 1 aromatic rings. The van der Waals surface area contributed by atoms with E-state index in [0.29, 0.717) is 6.04 Å². The molecule has 2 rings (SSSR count). The molecule has 1 heterocycles. The maximum absolute atomic E-state index is 5.46. The molecule has 1 atom stereocenters. The van der Waals surface area contributed by atoms with Gasteiger partial charge in [-0.3, -0.25) is 0 Å². The van der Waals surface area contributed by atoms with Gasteiger partial charge in [0.05, 0.1) is 19.3 Å². The monoisotopic (exact) mass is 191 g/mol. The zero-order chi connectivity index (χ0) is 9.97. The second kappa shape index (κ2) is 4.11. The third-order valence-electron chi connectivity index (χ3n) is 2.72. The lowest BCUT2D eigenvalue weighted by Crippen LogP contribution is -2.34. The minimum atomic E-state index is 0.379. The van der Waals surface area contributed by atoms with E-state index in [1.807, 2.05) is 0 Å². The minimum Gasteiger partial charge on any atom is -0.378 e. The first-order valence-corrected chi connectivity index (χ1v) is 5.15. The number of morpholine rings is 1. The van der Waals surface area contributed by atoms with E-state index in [1.165, 1.54) is 16.7 Å². The number of aryl methyl sites for hydroxylation is 2. The number of ether oxygens (including phenoxy) is 1. The fourth-order valence-corrected chi connectivity index (χ4v) is 1.98. The summed E-state index contributed by atoms with van der Waals surface area (Å²) < 4.78 is 5.46. The summed E-state index contributed by atoms with van der Waals surface area (Å²) in [6, 6.07) is 6.98. The van der Waals surface area contributed by atoms with Crippen LogP contribution in [-0.2, 0) is 4.74 Å². The van der Waals surface area contributed by atoms with E-state index >= 15 is 0 Å². The van der Waals surface area contributed by atoms with Gasteiger partial charge in [-0.15, -0.1) is 0 Å². The van der Waals surface area contributed by atoms with Crippen molar-refractivity contribution >= 4 is 0 Å². The van der Waals surface area contributed by atoms with Crippen molar-refractivity contribution in [1.29, 1.82) is 0 Å². The normalized spacial score (nSPS) is 22.3. The highest BCUT2D eigenvalue weighted by Gasteiger charge is 2.16. The van der Waals surface area contributed by atoms with Crippen LogP contribution in [0.15, 0.2) is 18.2 Å². The molecule has 76 valence electrons. The van der Waals surface area contributed by atoms with Crippen LogP contribution in [-0.4, -0.2) is 19.8 Å². The highest BCUT2D eigenvalue weighted by Crippen LogP contribution is 2.20. The van der Waals surface area contributed by atoms with E-state index < -0.39 is 0 Å². The van der Waals surface area contributed by atoms with Gasteiger partial charge in [-0.05, 0) is 25.0 Å². The van der Waals surface area contributed by atoms with Crippen LogP contribution in [0.1, 0.15) is 22.7 Å². The Labute approximate surface area is 85.3 Å². The van der Waals surface area contributed by atoms with Gasteiger partial charge in [0.15, 0.2) is 0 Å².